The molecule has 1 atom stereocenters. The third kappa shape index (κ3) is 4.90. The van der Waals surface area contributed by atoms with Crippen LogP contribution in [0.25, 0.3) is 0 Å². The summed E-state index contributed by atoms with van der Waals surface area (Å²) >= 11 is -3.88. The molecule has 0 radical (unpaired) electrons. The zero-order chi connectivity index (χ0) is 24.6. The highest BCUT2D eigenvalue weighted by atomic mass is 32.3. The minimum absolute atomic E-state index is 0.0771. The third-order valence-electron chi connectivity index (χ3n) is 4.73. The van der Waals surface area contributed by atoms with E-state index in [9.17, 15) is 47.4 Å². The van der Waals surface area contributed by atoms with Gasteiger partial charge in [-0.25, -0.2) is 12.6 Å². The van der Waals surface area contributed by atoms with Gasteiger partial charge in [-0.3, -0.25) is 4.55 Å². The molecule has 2 N–H and O–H groups in total. The van der Waals surface area contributed by atoms with Crippen LogP contribution in [-0.4, -0.2) is 42.0 Å². The molecule has 0 spiro atoms. The van der Waals surface area contributed by atoms with E-state index < -0.39 is 53.6 Å². The molecule has 8 nitrogen and oxygen atoms in total. The van der Waals surface area contributed by atoms with E-state index in [0.29, 0.717) is 5.56 Å². The van der Waals surface area contributed by atoms with Crippen molar-refractivity contribution in [3.63, 3.8) is 0 Å². The minimum atomic E-state index is -7.11. The topological polar surface area (TPSA) is 127 Å². The first-order chi connectivity index (χ1) is 14.5. The van der Waals surface area contributed by atoms with Gasteiger partial charge in [0.1, 0.15) is 5.75 Å². The third-order valence-corrected chi connectivity index (χ3v) is 8.40. The van der Waals surface area contributed by atoms with Crippen LogP contribution in [0.15, 0.2) is 24.3 Å². The lowest BCUT2D eigenvalue weighted by Crippen LogP contribution is -2.63. The van der Waals surface area contributed by atoms with Gasteiger partial charge in [-0.1, -0.05) is 31.4 Å². The van der Waals surface area contributed by atoms with Crippen molar-refractivity contribution in [2.45, 2.75) is 54.5 Å². The van der Waals surface area contributed by atoms with Gasteiger partial charge < -0.3 is 4.18 Å². The molecule has 0 aliphatic heterocycles. The molecule has 1 aromatic rings. The molecule has 17 heteroatoms. The average Bonchev–Trinajstić information content (AvgIpc) is 2.67. The monoisotopic (exact) mass is 533 g/mol. The van der Waals surface area contributed by atoms with Crippen LogP contribution in [0.4, 0.5) is 26.3 Å². The largest absolute Gasteiger partial charge is 0.450 e. The number of halogens is 6. The summed E-state index contributed by atoms with van der Waals surface area (Å²) < 4.78 is 152. The van der Waals surface area contributed by atoms with Gasteiger partial charge in [0.15, 0.2) is 0 Å². The highest BCUT2D eigenvalue weighted by molar-refractivity contribution is 8.00. The molecule has 0 bridgehead atoms. The number of rotatable bonds is 9. The highest BCUT2D eigenvalue weighted by Crippen LogP contribution is 2.51. The van der Waals surface area contributed by atoms with Crippen molar-refractivity contribution in [3.05, 3.63) is 29.8 Å². The standard InChI is InChI=1S/C15H17F6NO7S3/c16-13(17,14(18,19)31(25,26)22-30(23)24)15(20,21)32(27,28)29-12-8-6-11(7-9-12)10-4-2-1-3-5-10/h6-10,22H,1-5H2,(H,23,24). The fourth-order valence-electron chi connectivity index (χ4n) is 3.05. The predicted molar refractivity (Wildman–Crippen MR) is 99.5 cm³/mol. The summed E-state index contributed by atoms with van der Waals surface area (Å²) in [5.74, 6) is -7.90. The predicted octanol–water partition coefficient (Wildman–Crippen LogP) is 3.32. The SMILES string of the molecule is O=S(O)NS(=O)(=O)C(F)(F)C(F)(F)C(F)(F)S(=O)(=O)Oc1ccc(C2CCCCC2)cc1. The second kappa shape index (κ2) is 9.08. The molecule has 0 aromatic heterocycles. The van der Waals surface area contributed by atoms with E-state index in [2.05, 4.69) is 4.18 Å². The van der Waals surface area contributed by atoms with Gasteiger partial charge in [-0.15, -0.1) is 4.13 Å². The fourth-order valence-corrected chi connectivity index (χ4v) is 5.66. The summed E-state index contributed by atoms with van der Waals surface area (Å²) in [5.41, 5.74) is 0.701. The Balaban J connectivity index is 2.32. The molecule has 1 fully saturated rings. The van der Waals surface area contributed by atoms with Crippen molar-refractivity contribution in [2.24, 2.45) is 0 Å². The first-order valence-corrected chi connectivity index (χ1v) is 12.8. The Hall–Kier alpha value is -1.43. The van der Waals surface area contributed by atoms with Crippen LogP contribution in [0.5, 0.6) is 5.75 Å². The maximum absolute atomic E-state index is 14.0. The van der Waals surface area contributed by atoms with Gasteiger partial charge >= 0.3 is 26.5 Å². The Morgan fingerprint density at radius 3 is 1.88 bits per heavy atom. The van der Waals surface area contributed by atoms with Crippen molar-refractivity contribution < 1.29 is 56.1 Å². The van der Waals surface area contributed by atoms with E-state index in [1.807, 2.05) is 0 Å². The van der Waals surface area contributed by atoms with Crippen molar-refractivity contribution in [1.29, 1.82) is 0 Å². The first kappa shape index (κ1) is 26.8. The van der Waals surface area contributed by atoms with E-state index in [0.717, 1.165) is 44.2 Å². The molecular weight excluding hydrogens is 516 g/mol. The van der Waals surface area contributed by atoms with Crippen LogP contribution < -0.4 is 8.31 Å². The van der Waals surface area contributed by atoms with Crippen molar-refractivity contribution >= 4 is 31.4 Å². The summed E-state index contributed by atoms with van der Waals surface area (Å²) in [6.07, 6.45) is 4.55. The Morgan fingerprint density at radius 1 is 0.906 bits per heavy atom. The number of nitrogens with one attached hydrogen (secondary N) is 1. The smallest absolute Gasteiger partial charge is 0.378 e. The van der Waals surface area contributed by atoms with Gasteiger partial charge in [0.05, 0.1) is 0 Å². The second-order valence-electron chi connectivity index (χ2n) is 6.89. The van der Waals surface area contributed by atoms with E-state index in [1.165, 1.54) is 12.1 Å². The number of hydrogen-bond acceptors (Lipinski definition) is 6. The van der Waals surface area contributed by atoms with Crippen LogP contribution in [0.1, 0.15) is 43.6 Å². The summed E-state index contributed by atoms with van der Waals surface area (Å²) in [6.45, 7) is 0. The van der Waals surface area contributed by atoms with E-state index >= 15 is 0 Å². The lowest BCUT2D eigenvalue weighted by Gasteiger charge is -2.30. The molecule has 0 heterocycles. The zero-order valence-corrected chi connectivity index (χ0v) is 18.3. The van der Waals surface area contributed by atoms with Crippen LogP contribution in [0.3, 0.4) is 0 Å². The lowest BCUT2D eigenvalue weighted by atomic mass is 9.84. The van der Waals surface area contributed by atoms with Crippen LogP contribution >= 0.6 is 0 Å². The van der Waals surface area contributed by atoms with Crippen LogP contribution in [0, 0.1) is 0 Å². The zero-order valence-electron chi connectivity index (χ0n) is 15.8. The number of alkyl halides is 6. The molecule has 1 saturated carbocycles. The first-order valence-electron chi connectivity index (χ1n) is 8.76. The van der Waals surface area contributed by atoms with E-state index in [1.54, 1.807) is 0 Å². The molecular formula is C15H17F6NO7S3. The van der Waals surface area contributed by atoms with Gasteiger partial charge in [-0.05, 0) is 36.5 Å². The number of sulfonamides is 1. The summed E-state index contributed by atoms with van der Waals surface area (Å²) in [6, 6.07) is 4.33. The Kier molecular flexibility index (Phi) is 7.61. The molecule has 1 aliphatic carbocycles. The van der Waals surface area contributed by atoms with Crippen molar-refractivity contribution in [1.82, 2.24) is 4.13 Å². The number of hydrogen-bond donors (Lipinski definition) is 2. The van der Waals surface area contributed by atoms with Crippen molar-refractivity contribution in [3.8, 4) is 5.75 Å². The van der Waals surface area contributed by atoms with Gasteiger partial charge in [0.25, 0.3) is 10.0 Å². The molecule has 1 unspecified atom stereocenters. The molecule has 0 amide bonds. The van der Waals surface area contributed by atoms with E-state index in [-0.39, 0.29) is 10.0 Å². The maximum atomic E-state index is 14.0. The quantitative estimate of drug-likeness (QED) is 0.283. The highest BCUT2D eigenvalue weighted by Gasteiger charge is 2.83. The lowest BCUT2D eigenvalue weighted by molar-refractivity contribution is -0.245. The summed E-state index contributed by atoms with van der Waals surface area (Å²) in [7, 11) is -13.8. The maximum Gasteiger partial charge on any atom is 0.450 e. The van der Waals surface area contributed by atoms with Gasteiger partial charge in [0, 0.05) is 0 Å². The molecule has 1 aliphatic rings. The molecule has 1 aromatic carbocycles. The summed E-state index contributed by atoms with van der Waals surface area (Å²) in [5, 5.41) is -13.6. The number of benzene rings is 1. The second-order valence-corrected chi connectivity index (χ2v) is 11.2. The minimum Gasteiger partial charge on any atom is -0.378 e. The fraction of sp³-hybridized carbons (Fsp3) is 0.600. The molecule has 2 rings (SSSR count). The van der Waals surface area contributed by atoms with Crippen LogP contribution in [0.2, 0.25) is 0 Å². The summed E-state index contributed by atoms with van der Waals surface area (Å²) in [4.78, 5) is 0. The average molecular weight is 533 g/mol. The van der Waals surface area contributed by atoms with Crippen LogP contribution in [-0.2, 0) is 31.4 Å². The van der Waals surface area contributed by atoms with E-state index in [4.69, 9.17) is 4.55 Å². The van der Waals surface area contributed by atoms with Crippen molar-refractivity contribution in [2.75, 3.05) is 0 Å². The normalized spacial score (nSPS) is 18.3. The Bertz CT molecular complexity index is 1060. The van der Waals surface area contributed by atoms with Gasteiger partial charge in [-0.2, -0.15) is 34.8 Å². The molecule has 0 saturated heterocycles. The Morgan fingerprint density at radius 2 is 1.41 bits per heavy atom. The van der Waals surface area contributed by atoms with Gasteiger partial charge in [0.2, 0.25) is 11.3 Å². The molecule has 32 heavy (non-hydrogen) atoms. The Labute approximate surface area is 181 Å². The molecule has 184 valence electrons.